The van der Waals surface area contributed by atoms with E-state index in [9.17, 15) is 0 Å². The summed E-state index contributed by atoms with van der Waals surface area (Å²) in [5.74, 6) is 5.55. The van der Waals surface area contributed by atoms with Gasteiger partial charge in [-0.2, -0.15) is 11.3 Å². The molecule has 0 saturated heterocycles. The van der Waals surface area contributed by atoms with Gasteiger partial charge in [0.05, 0.1) is 6.04 Å². The largest absolute Gasteiger partial charge is 0.271 e. The first-order chi connectivity index (χ1) is 7.40. The van der Waals surface area contributed by atoms with Crippen LogP contribution in [0.15, 0.2) is 41.4 Å². The molecule has 0 bridgehead atoms. The Morgan fingerprint density at radius 1 is 1.33 bits per heavy atom. The number of nitrogens with two attached hydrogens (primary N) is 1. The van der Waals surface area contributed by atoms with Gasteiger partial charge in [-0.1, -0.05) is 0 Å². The van der Waals surface area contributed by atoms with Crippen LogP contribution in [0.2, 0.25) is 0 Å². The van der Waals surface area contributed by atoms with Gasteiger partial charge in [-0.15, -0.1) is 0 Å². The Bertz CT molecular complexity index is 385. The third-order valence-electron chi connectivity index (χ3n) is 2.33. The molecule has 78 valence electrons. The van der Waals surface area contributed by atoms with Crippen molar-refractivity contribution < 1.29 is 0 Å². The minimum atomic E-state index is 0.155. The highest BCUT2D eigenvalue weighted by Crippen LogP contribution is 2.18. The number of rotatable bonds is 4. The molecule has 4 heteroatoms. The number of nitrogens with zero attached hydrogens (tertiary/aromatic N) is 1. The van der Waals surface area contributed by atoms with E-state index in [0.717, 1.165) is 6.42 Å². The Labute approximate surface area is 92.9 Å². The van der Waals surface area contributed by atoms with Crippen molar-refractivity contribution in [3.8, 4) is 0 Å². The molecule has 2 rings (SSSR count). The summed E-state index contributed by atoms with van der Waals surface area (Å²) in [6.07, 6.45) is 4.48. The summed E-state index contributed by atoms with van der Waals surface area (Å²) in [5, 5.41) is 4.22. The quantitative estimate of drug-likeness (QED) is 0.610. The number of hydrogen-bond acceptors (Lipinski definition) is 4. The highest BCUT2D eigenvalue weighted by atomic mass is 32.1. The molecule has 2 heterocycles. The van der Waals surface area contributed by atoms with Crippen LogP contribution in [-0.4, -0.2) is 4.98 Å². The second-order valence-electron chi connectivity index (χ2n) is 3.34. The van der Waals surface area contributed by atoms with E-state index in [0.29, 0.717) is 0 Å². The molecule has 2 aromatic rings. The highest BCUT2D eigenvalue weighted by Gasteiger charge is 2.09. The average Bonchev–Trinajstić information content (AvgIpc) is 2.80. The summed E-state index contributed by atoms with van der Waals surface area (Å²) in [6.45, 7) is 0. The second-order valence-corrected chi connectivity index (χ2v) is 4.12. The minimum Gasteiger partial charge on any atom is -0.271 e. The first-order valence-corrected chi connectivity index (χ1v) is 5.71. The maximum Gasteiger partial charge on any atom is 0.0501 e. The van der Waals surface area contributed by atoms with Crippen LogP contribution in [-0.2, 0) is 6.42 Å². The molecule has 0 aliphatic heterocycles. The summed E-state index contributed by atoms with van der Waals surface area (Å²) in [7, 11) is 0. The van der Waals surface area contributed by atoms with E-state index < -0.39 is 0 Å². The predicted molar refractivity (Wildman–Crippen MR) is 62.3 cm³/mol. The molecule has 0 aliphatic rings. The molecule has 2 aromatic heterocycles. The predicted octanol–water partition coefficient (Wildman–Crippen LogP) is 1.89. The zero-order chi connectivity index (χ0) is 10.5. The first kappa shape index (κ1) is 10.3. The van der Waals surface area contributed by atoms with E-state index in [1.807, 2.05) is 12.1 Å². The molecule has 3 N–H and O–H groups in total. The normalized spacial score (nSPS) is 12.6. The van der Waals surface area contributed by atoms with Crippen molar-refractivity contribution in [2.45, 2.75) is 12.5 Å². The number of hydrogen-bond donors (Lipinski definition) is 2. The summed E-state index contributed by atoms with van der Waals surface area (Å²) in [6, 6.07) is 6.24. The lowest BCUT2D eigenvalue weighted by Gasteiger charge is -2.15. The van der Waals surface area contributed by atoms with Crippen molar-refractivity contribution in [3.63, 3.8) is 0 Å². The Morgan fingerprint density at radius 2 is 2.13 bits per heavy atom. The standard InChI is InChI=1S/C11H13N3S/c12-14-11(7-9-3-6-15-8-9)10-1-4-13-5-2-10/h1-6,8,11,14H,7,12H2. The van der Waals surface area contributed by atoms with Crippen LogP contribution < -0.4 is 11.3 Å². The molecular formula is C11H13N3S. The fourth-order valence-electron chi connectivity index (χ4n) is 1.51. The van der Waals surface area contributed by atoms with Crippen molar-refractivity contribution in [3.05, 3.63) is 52.5 Å². The van der Waals surface area contributed by atoms with E-state index in [-0.39, 0.29) is 6.04 Å². The van der Waals surface area contributed by atoms with Crippen molar-refractivity contribution in [2.24, 2.45) is 5.84 Å². The van der Waals surface area contributed by atoms with Crippen molar-refractivity contribution in [1.29, 1.82) is 0 Å². The van der Waals surface area contributed by atoms with E-state index in [4.69, 9.17) is 5.84 Å². The molecule has 0 radical (unpaired) electrons. The van der Waals surface area contributed by atoms with Gasteiger partial charge in [-0.05, 0) is 46.5 Å². The van der Waals surface area contributed by atoms with Crippen molar-refractivity contribution in [2.75, 3.05) is 0 Å². The lowest BCUT2D eigenvalue weighted by molar-refractivity contribution is 0.552. The molecule has 1 atom stereocenters. The van der Waals surface area contributed by atoms with Gasteiger partial charge in [0.1, 0.15) is 0 Å². The summed E-state index contributed by atoms with van der Waals surface area (Å²) in [5.41, 5.74) is 5.30. The number of nitrogens with one attached hydrogen (secondary N) is 1. The van der Waals surface area contributed by atoms with Crippen molar-refractivity contribution in [1.82, 2.24) is 10.4 Å². The van der Waals surface area contributed by atoms with Gasteiger partial charge in [-0.25, -0.2) is 0 Å². The van der Waals surface area contributed by atoms with Gasteiger partial charge < -0.3 is 0 Å². The monoisotopic (exact) mass is 219 g/mol. The molecule has 3 nitrogen and oxygen atoms in total. The van der Waals surface area contributed by atoms with Crippen LogP contribution in [0.5, 0.6) is 0 Å². The maximum atomic E-state index is 5.55. The number of aromatic nitrogens is 1. The third-order valence-corrected chi connectivity index (χ3v) is 3.06. The molecule has 0 aromatic carbocycles. The van der Waals surface area contributed by atoms with Gasteiger partial charge in [-0.3, -0.25) is 16.3 Å². The van der Waals surface area contributed by atoms with E-state index in [2.05, 4.69) is 27.2 Å². The molecule has 1 unspecified atom stereocenters. The molecule has 0 spiro atoms. The zero-order valence-corrected chi connectivity index (χ0v) is 9.08. The molecular weight excluding hydrogens is 206 g/mol. The lowest BCUT2D eigenvalue weighted by Crippen LogP contribution is -2.29. The van der Waals surface area contributed by atoms with Gasteiger partial charge in [0.15, 0.2) is 0 Å². The first-order valence-electron chi connectivity index (χ1n) is 4.77. The lowest BCUT2D eigenvalue weighted by atomic mass is 10.0. The molecule has 0 fully saturated rings. The third kappa shape index (κ3) is 2.62. The smallest absolute Gasteiger partial charge is 0.0501 e. The van der Waals surface area contributed by atoms with Gasteiger partial charge in [0.2, 0.25) is 0 Å². The van der Waals surface area contributed by atoms with Crippen LogP contribution >= 0.6 is 11.3 Å². The zero-order valence-electron chi connectivity index (χ0n) is 8.26. The van der Waals surface area contributed by atoms with E-state index in [1.165, 1.54) is 11.1 Å². The SMILES string of the molecule is NNC(Cc1ccsc1)c1ccncc1. The van der Waals surface area contributed by atoms with Gasteiger partial charge in [0.25, 0.3) is 0 Å². The fraction of sp³-hybridized carbons (Fsp3) is 0.182. The highest BCUT2D eigenvalue weighted by molar-refractivity contribution is 7.07. The Kier molecular flexibility index (Phi) is 3.45. The topological polar surface area (TPSA) is 50.9 Å². The minimum absolute atomic E-state index is 0.155. The Balaban J connectivity index is 2.12. The number of thiophene rings is 1. The second kappa shape index (κ2) is 5.02. The summed E-state index contributed by atoms with van der Waals surface area (Å²) < 4.78 is 0. The van der Waals surface area contributed by atoms with Crippen molar-refractivity contribution >= 4 is 11.3 Å². The fourth-order valence-corrected chi connectivity index (χ4v) is 2.19. The van der Waals surface area contributed by atoms with Crippen LogP contribution in [0.4, 0.5) is 0 Å². The van der Waals surface area contributed by atoms with Gasteiger partial charge in [0, 0.05) is 12.4 Å². The summed E-state index contributed by atoms with van der Waals surface area (Å²) in [4.78, 5) is 3.99. The van der Waals surface area contributed by atoms with Crippen LogP contribution in [0.3, 0.4) is 0 Å². The molecule has 0 aliphatic carbocycles. The Hall–Kier alpha value is -1.23. The molecule has 0 saturated carbocycles. The van der Waals surface area contributed by atoms with Crippen LogP contribution in [0, 0.1) is 0 Å². The van der Waals surface area contributed by atoms with E-state index >= 15 is 0 Å². The Morgan fingerprint density at radius 3 is 2.73 bits per heavy atom. The number of pyridine rings is 1. The summed E-state index contributed by atoms with van der Waals surface area (Å²) >= 11 is 1.71. The number of hydrazine groups is 1. The average molecular weight is 219 g/mol. The maximum absolute atomic E-state index is 5.55. The van der Waals surface area contributed by atoms with Crippen LogP contribution in [0.25, 0.3) is 0 Å². The van der Waals surface area contributed by atoms with Crippen LogP contribution in [0.1, 0.15) is 17.2 Å². The van der Waals surface area contributed by atoms with E-state index in [1.54, 1.807) is 23.7 Å². The molecule has 15 heavy (non-hydrogen) atoms. The molecule has 0 amide bonds. The van der Waals surface area contributed by atoms with Gasteiger partial charge >= 0.3 is 0 Å².